The zero-order chi connectivity index (χ0) is 18.1. The Morgan fingerprint density at radius 1 is 1.27 bits per heavy atom. The van der Waals surface area contributed by atoms with Crippen LogP contribution < -0.4 is 10.6 Å². The largest absolute Gasteiger partial charge is 0.352 e. The summed E-state index contributed by atoms with van der Waals surface area (Å²) in [6, 6.07) is 0.305. The van der Waals surface area contributed by atoms with Crippen molar-refractivity contribution in [1.29, 1.82) is 0 Å². The van der Waals surface area contributed by atoms with Crippen molar-refractivity contribution >= 4 is 17.5 Å². The molecule has 3 aromatic rings. The van der Waals surface area contributed by atoms with Crippen molar-refractivity contribution in [1.82, 2.24) is 29.5 Å². The predicted molar refractivity (Wildman–Crippen MR) is 93.2 cm³/mol. The molecule has 136 valence electrons. The molecule has 26 heavy (non-hydrogen) atoms. The number of nitrogens with zero attached hydrogens (tertiary/aromatic N) is 5. The van der Waals surface area contributed by atoms with Gasteiger partial charge in [-0.05, 0) is 25.2 Å². The molecule has 1 saturated carbocycles. The summed E-state index contributed by atoms with van der Waals surface area (Å²) in [5, 5.41) is 10.3. The van der Waals surface area contributed by atoms with Gasteiger partial charge in [-0.2, -0.15) is 5.10 Å². The number of halogens is 1. The molecule has 4 rings (SSSR count). The summed E-state index contributed by atoms with van der Waals surface area (Å²) < 4.78 is 16.4. The number of hydrogen-bond donors (Lipinski definition) is 2. The lowest BCUT2D eigenvalue weighted by molar-refractivity contribution is 0.0949. The number of aromatic nitrogens is 5. The van der Waals surface area contributed by atoms with Gasteiger partial charge in [0.05, 0.1) is 18.6 Å². The summed E-state index contributed by atoms with van der Waals surface area (Å²) in [6.45, 7) is 0.630. The molecule has 3 heterocycles. The average molecular weight is 357 g/mol. The summed E-state index contributed by atoms with van der Waals surface area (Å²) in [4.78, 5) is 20.2. The van der Waals surface area contributed by atoms with E-state index in [0.717, 1.165) is 37.3 Å². The van der Waals surface area contributed by atoms with E-state index in [0.29, 0.717) is 30.0 Å². The van der Waals surface area contributed by atoms with Crippen molar-refractivity contribution in [2.75, 3.05) is 11.9 Å². The van der Waals surface area contributed by atoms with E-state index in [1.807, 2.05) is 24.0 Å². The zero-order valence-corrected chi connectivity index (χ0v) is 14.4. The number of rotatable bonds is 6. The third-order valence-electron chi connectivity index (χ3n) is 4.81. The van der Waals surface area contributed by atoms with E-state index >= 15 is 0 Å². The molecule has 0 aromatic carbocycles. The highest BCUT2D eigenvalue weighted by atomic mass is 19.1. The van der Waals surface area contributed by atoms with Gasteiger partial charge in [-0.3, -0.25) is 4.79 Å². The number of aryl methyl sites for hydroxylation is 1. The lowest BCUT2D eigenvalue weighted by Crippen LogP contribution is -2.38. The van der Waals surface area contributed by atoms with Crippen LogP contribution in [0.1, 0.15) is 29.6 Å². The Hall–Kier alpha value is -2.97. The van der Waals surface area contributed by atoms with Gasteiger partial charge >= 0.3 is 0 Å². The van der Waals surface area contributed by atoms with Crippen LogP contribution in [-0.2, 0) is 7.05 Å². The van der Waals surface area contributed by atoms with Crippen molar-refractivity contribution in [3.8, 4) is 0 Å². The third-order valence-corrected chi connectivity index (χ3v) is 4.81. The van der Waals surface area contributed by atoms with Gasteiger partial charge in [-0.15, -0.1) is 0 Å². The van der Waals surface area contributed by atoms with Gasteiger partial charge < -0.3 is 15.2 Å². The molecule has 3 aromatic heterocycles. The fraction of sp³-hybridized carbons (Fsp3) is 0.412. The van der Waals surface area contributed by atoms with Crippen LogP contribution >= 0.6 is 0 Å². The van der Waals surface area contributed by atoms with E-state index in [1.54, 1.807) is 10.7 Å². The molecule has 1 aliphatic carbocycles. The number of carbonyl (C=O) groups is 1. The maximum absolute atomic E-state index is 12.8. The molecule has 1 amide bonds. The van der Waals surface area contributed by atoms with Crippen LogP contribution in [0.25, 0.3) is 5.65 Å². The molecule has 0 unspecified atom stereocenters. The second-order valence-electron chi connectivity index (χ2n) is 6.68. The Morgan fingerprint density at radius 3 is 2.81 bits per heavy atom. The van der Waals surface area contributed by atoms with Crippen molar-refractivity contribution in [3.05, 3.63) is 42.4 Å². The van der Waals surface area contributed by atoms with Gasteiger partial charge in [0.2, 0.25) is 5.95 Å². The first-order valence-electron chi connectivity index (χ1n) is 8.61. The standard InChI is InChI=1S/C17H20FN7O/c1-24-4-5-25-16(24)14(10-22-25)15(26)19-3-2-11-6-13(7-11)23-17-20-8-12(18)9-21-17/h4-5,8-11,13H,2-3,6-7H2,1H3,(H,19,26)(H,20,21,23). The van der Waals surface area contributed by atoms with Gasteiger partial charge in [0.1, 0.15) is 11.2 Å². The van der Waals surface area contributed by atoms with E-state index in [1.165, 1.54) is 0 Å². The highest BCUT2D eigenvalue weighted by molar-refractivity contribution is 5.99. The molecule has 0 aliphatic heterocycles. The lowest BCUT2D eigenvalue weighted by atomic mass is 9.78. The second-order valence-corrected chi connectivity index (χ2v) is 6.68. The van der Waals surface area contributed by atoms with Crippen LogP contribution in [0.5, 0.6) is 0 Å². The van der Waals surface area contributed by atoms with Crippen molar-refractivity contribution in [3.63, 3.8) is 0 Å². The number of carbonyl (C=O) groups excluding carboxylic acids is 1. The molecule has 0 atom stereocenters. The lowest BCUT2D eigenvalue weighted by Gasteiger charge is -2.35. The minimum absolute atomic E-state index is 0.101. The first-order chi connectivity index (χ1) is 12.6. The monoisotopic (exact) mass is 357 g/mol. The fourth-order valence-corrected chi connectivity index (χ4v) is 3.35. The fourth-order valence-electron chi connectivity index (χ4n) is 3.35. The third kappa shape index (κ3) is 3.24. The SMILES string of the molecule is Cn1ccn2ncc(C(=O)NCCC3CC(Nc4ncc(F)cn4)C3)c12. The number of nitrogens with one attached hydrogen (secondary N) is 2. The van der Waals surface area contributed by atoms with Gasteiger partial charge in [-0.25, -0.2) is 18.9 Å². The molecule has 0 saturated heterocycles. The first kappa shape index (κ1) is 16.5. The minimum atomic E-state index is -0.441. The van der Waals surface area contributed by atoms with E-state index in [9.17, 15) is 9.18 Å². The number of anilines is 1. The Balaban J connectivity index is 1.21. The van der Waals surface area contributed by atoms with E-state index < -0.39 is 5.82 Å². The molecule has 1 aliphatic rings. The van der Waals surface area contributed by atoms with Crippen molar-refractivity contribution < 1.29 is 9.18 Å². The molecule has 2 N–H and O–H groups in total. The Bertz CT molecular complexity index is 911. The van der Waals surface area contributed by atoms with Crippen LogP contribution in [0.15, 0.2) is 31.0 Å². The molecule has 0 radical (unpaired) electrons. The Morgan fingerprint density at radius 2 is 2.04 bits per heavy atom. The number of amides is 1. The highest BCUT2D eigenvalue weighted by Gasteiger charge is 2.29. The van der Waals surface area contributed by atoms with E-state index in [4.69, 9.17) is 0 Å². The Labute approximate surface area is 149 Å². The molecule has 0 bridgehead atoms. The Kier molecular flexibility index (Phi) is 4.27. The van der Waals surface area contributed by atoms with Crippen molar-refractivity contribution in [2.45, 2.75) is 25.3 Å². The summed E-state index contributed by atoms with van der Waals surface area (Å²) in [5.41, 5.74) is 1.37. The number of hydrogen-bond acceptors (Lipinski definition) is 5. The zero-order valence-electron chi connectivity index (χ0n) is 14.4. The normalized spacial score (nSPS) is 19.3. The van der Waals surface area contributed by atoms with Crippen LogP contribution in [0.2, 0.25) is 0 Å². The van der Waals surface area contributed by atoms with E-state index in [-0.39, 0.29) is 5.91 Å². The van der Waals surface area contributed by atoms with Crippen molar-refractivity contribution in [2.24, 2.45) is 13.0 Å². The topological polar surface area (TPSA) is 89.1 Å². The molecule has 1 fully saturated rings. The molecule has 9 heteroatoms. The maximum atomic E-state index is 12.8. The molecule has 0 spiro atoms. The van der Waals surface area contributed by atoms with Crippen LogP contribution in [0.4, 0.5) is 10.3 Å². The van der Waals surface area contributed by atoms with Gasteiger partial charge in [-0.1, -0.05) is 0 Å². The molecular weight excluding hydrogens is 337 g/mol. The quantitative estimate of drug-likeness (QED) is 0.700. The van der Waals surface area contributed by atoms with Crippen LogP contribution in [0, 0.1) is 11.7 Å². The van der Waals surface area contributed by atoms with Gasteiger partial charge in [0.25, 0.3) is 5.91 Å². The highest BCUT2D eigenvalue weighted by Crippen LogP contribution is 2.31. The summed E-state index contributed by atoms with van der Waals surface area (Å²) in [7, 11) is 1.89. The predicted octanol–water partition coefficient (Wildman–Crippen LogP) is 1.61. The maximum Gasteiger partial charge on any atom is 0.256 e. The average Bonchev–Trinajstić information content (AvgIpc) is 3.17. The smallest absolute Gasteiger partial charge is 0.256 e. The summed E-state index contributed by atoms with van der Waals surface area (Å²) >= 11 is 0. The van der Waals surface area contributed by atoms with Gasteiger partial charge in [0, 0.05) is 32.0 Å². The molecule has 8 nitrogen and oxygen atoms in total. The van der Waals surface area contributed by atoms with Crippen LogP contribution in [-0.4, -0.2) is 42.6 Å². The number of fused-ring (bicyclic) bond motifs is 1. The second kappa shape index (κ2) is 6.74. The summed E-state index contributed by atoms with van der Waals surface area (Å²) in [5.74, 6) is 0.464. The van der Waals surface area contributed by atoms with Crippen LogP contribution in [0.3, 0.4) is 0 Å². The first-order valence-corrected chi connectivity index (χ1v) is 8.61. The summed E-state index contributed by atoms with van der Waals surface area (Å²) in [6.07, 6.45) is 10.5. The molecular formula is C17H20FN7O. The minimum Gasteiger partial charge on any atom is -0.352 e. The van der Waals surface area contributed by atoms with E-state index in [2.05, 4.69) is 25.7 Å². The van der Waals surface area contributed by atoms with Gasteiger partial charge in [0.15, 0.2) is 5.82 Å². The number of imidazole rings is 1.